The monoisotopic (exact) mass is 186 g/mol. The molecule has 1 rings (SSSR count). The number of nitrogens with zero attached hydrogens (tertiary/aromatic N) is 1. The summed E-state index contributed by atoms with van der Waals surface area (Å²) in [4.78, 5) is 2.29. The number of rotatable bonds is 6. The van der Waals surface area contributed by atoms with Gasteiger partial charge >= 0.3 is 0 Å². The third-order valence-electron chi connectivity index (χ3n) is 3.10. The molecular weight excluding hydrogens is 164 g/mol. The van der Waals surface area contributed by atoms with Crippen molar-refractivity contribution in [2.45, 2.75) is 32.2 Å². The van der Waals surface area contributed by atoms with E-state index in [9.17, 15) is 5.11 Å². The van der Waals surface area contributed by atoms with Crippen LogP contribution >= 0.6 is 0 Å². The van der Waals surface area contributed by atoms with Gasteiger partial charge in [-0.2, -0.15) is 0 Å². The summed E-state index contributed by atoms with van der Waals surface area (Å²) in [6.07, 6.45) is 2.39. The minimum Gasteiger partial charge on any atom is -0.394 e. The number of nitrogens with two attached hydrogens (primary N) is 1. The number of likely N-dealkylation sites (N-methyl/N-ethyl adjacent to an activating group) is 1. The molecule has 0 bridgehead atoms. The minimum absolute atomic E-state index is 0.119. The second kappa shape index (κ2) is 4.40. The van der Waals surface area contributed by atoms with Crippen molar-refractivity contribution in [1.29, 1.82) is 0 Å². The van der Waals surface area contributed by atoms with E-state index >= 15 is 0 Å². The summed E-state index contributed by atoms with van der Waals surface area (Å²) < 4.78 is 0. The summed E-state index contributed by atoms with van der Waals surface area (Å²) in [6.45, 7) is 7.25. The van der Waals surface area contributed by atoms with E-state index in [1.807, 2.05) is 0 Å². The Labute approximate surface area is 80.9 Å². The van der Waals surface area contributed by atoms with Crippen LogP contribution in [0.5, 0.6) is 0 Å². The van der Waals surface area contributed by atoms with Gasteiger partial charge < -0.3 is 15.7 Å². The Morgan fingerprint density at radius 1 is 1.38 bits per heavy atom. The molecule has 0 aromatic rings. The van der Waals surface area contributed by atoms with Gasteiger partial charge in [0.1, 0.15) is 0 Å². The molecule has 1 fully saturated rings. The fourth-order valence-corrected chi connectivity index (χ4v) is 1.83. The van der Waals surface area contributed by atoms with E-state index in [0.29, 0.717) is 5.92 Å². The molecule has 3 N–H and O–H groups in total. The van der Waals surface area contributed by atoms with Gasteiger partial charge in [0.15, 0.2) is 0 Å². The van der Waals surface area contributed by atoms with Crippen LogP contribution in [0.4, 0.5) is 0 Å². The maximum atomic E-state index is 9.28. The lowest BCUT2D eigenvalue weighted by atomic mass is 9.95. The van der Waals surface area contributed by atoms with Crippen LogP contribution in [0.1, 0.15) is 26.7 Å². The smallest absolute Gasteiger partial charge is 0.0626 e. The molecule has 0 aromatic heterocycles. The first-order chi connectivity index (χ1) is 6.16. The van der Waals surface area contributed by atoms with Crippen LogP contribution in [-0.4, -0.2) is 41.8 Å². The van der Waals surface area contributed by atoms with E-state index < -0.39 is 0 Å². The predicted octanol–water partition coefficient (Wildman–Crippen LogP) is 0.428. The molecule has 1 saturated carbocycles. The third-order valence-corrected chi connectivity index (χ3v) is 3.10. The van der Waals surface area contributed by atoms with Gasteiger partial charge in [-0.3, -0.25) is 0 Å². The van der Waals surface area contributed by atoms with Crippen molar-refractivity contribution in [2.24, 2.45) is 11.7 Å². The maximum Gasteiger partial charge on any atom is 0.0626 e. The quantitative estimate of drug-likeness (QED) is 0.632. The molecule has 0 spiro atoms. The molecule has 0 heterocycles. The van der Waals surface area contributed by atoms with Crippen molar-refractivity contribution in [2.75, 3.05) is 26.2 Å². The van der Waals surface area contributed by atoms with Crippen molar-refractivity contribution >= 4 is 0 Å². The summed E-state index contributed by atoms with van der Waals surface area (Å²) in [6, 6.07) is 0. The van der Waals surface area contributed by atoms with E-state index in [1.165, 1.54) is 12.8 Å². The van der Waals surface area contributed by atoms with Crippen LogP contribution < -0.4 is 5.73 Å². The number of aliphatic hydroxyl groups is 1. The molecule has 3 nitrogen and oxygen atoms in total. The first kappa shape index (κ1) is 11.0. The van der Waals surface area contributed by atoms with Crippen molar-refractivity contribution in [3.8, 4) is 0 Å². The van der Waals surface area contributed by atoms with Crippen LogP contribution in [0.15, 0.2) is 0 Å². The number of aliphatic hydroxyl groups excluding tert-OH is 1. The number of hydrogen-bond donors (Lipinski definition) is 2. The average Bonchev–Trinajstić information content (AvgIpc) is 2.97. The highest BCUT2D eigenvalue weighted by atomic mass is 16.3. The number of hydrogen-bond acceptors (Lipinski definition) is 3. The summed E-state index contributed by atoms with van der Waals surface area (Å²) >= 11 is 0. The highest BCUT2D eigenvalue weighted by Crippen LogP contribution is 2.38. The SMILES string of the molecule is CCN(CC)CC(N)(CO)C1CC1. The molecule has 1 atom stereocenters. The van der Waals surface area contributed by atoms with Gasteiger partial charge in [-0.15, -0.1) is 0 Å². The molecule has 1 aliphatic carbocycles. The predicted molar refractivity (Wildman–Crippen MR) is 54.5 cm³/mol. The van der Waals surface area contributed by atoms with Crippen molar-refractivity contribution < 1.29 is 5.11 Å². The molecule has 0 saturated heterocycles. The van der Waals surface area contributed by atoms with Gasteiger partial charge in [0.05, 0.1) is 12.1 Å². The fourth-order valence-electron chi connectivity index (χ4n) is 1.83. The minimum atomic E-state index is -0.341. The zero-order valence-corrected chi connectivity index (χ0v) is 8.79. The van der Waals surface area contributed by atoms with Crippen molar-refractivity contribution in [3.63, 3.8) is 0 Å². The topological polar surface area (TPSA) is 49.5 Å². The summed E-state index contributed by atoms with van der Waals surface area (Å²) in [5.74, 6) is 0.554. The molecule has 78 valence electrons. The summed E-state index contributed by atoms with van der Waals surface area (Å²) in [5, 5.41) is 9.28. The van der Waals surface area contributed by atoms with Gasteiger partial charge in [-0.05, 0) is 31.8 Å². The van der Waals surface area contributed by atoms with Gasteiger partial charge in [-0.25, -0.2) is 0 Å². The van der Waals surface area contributed by atoms with Crippen LogP contribution in [0.2, 0.25) is 0 Å². The maximum absolute atomic E-state index is 9.28. The summed E-state index contributed by atoms with van der Waals surface area (Å²) in [5.41, 5.74) is 5.82. The molecule has 0 aliphatic heterocycles. The average molecular weight is 186 g/mol. The fraction of sp³-hybridized carbons (Fsp3) is 1.00. The zero-order chi connectivity index (χ0) is 9.90. The van der Waals surface area contributed by atoms with Crippen molar-refractivity contribution in [3.05, 3.63) is 0 Å². The lowest BCUT2D eigenvalue weighted by Crippen LogP contribution is -2.54. The van der Waals surface area contributed by atoms with E-state index in [0.717, 1.165) is 19.6 Å². The second-order valence-corrected chi connectivity index (χ2v) is 4.13. The van der Waals surface area contributed by atoms with Crippen LogP contribution in [-0.2, 0) is 0 Å². The molecule has 13 heavy (non-hydrogen) atoms. The molecule has 1 unspecified atom stereocenters. The highest BCUT2D eigenvalue weighted by molar-refractivity contribution is 5.00. The Balaban J connectivity index is 2.45. The Morgan fingerprint density at radius 2 is 1.92 bits per heavy atom. The Hall–Kier alpha value is -0.120. The molecule has 1 aliphatic rings. The van der Waals surface area contributed by atoms with Crippen LogP contribution in [0.3, 0.4) is 0 Å². The van der Waals surface area contributed by atoms with E-state index in [-0.39, 0.29) is 12.1 Å². The lowest BCUT2D eigenvalue weighted by molar-refractivity contribution is 0.126. The van der Waals surface area contributed by atoms with Gasteiger partial charge in [0.2, 0.25) is 0 Å². The highest BCUT2D eigenvalue weighted by Gasteiger charge is 2.42. The van der Waals surface area contributed by atoms with Gasteiger partial charge in [0, 0.05) is 6.54 Å². The molecular formula is C10H22N2O. The van der Waals surface area contributed by atoms with Gasteiger partial charge in [-0.1, -0.05) is 13.8 Å². The van der Waals surface area contributed by atoms with E-state index in [1.54, 1.807) is 0 Å². The first-order valence-electron chi connectivity index (χ1n) is 5.28. The Bertz CT molecular complexity index is 155. The third kappa shape index (κ3) is 2.66. The van der Waals surface area contributed by atoms with Crippen molar-refractivity contribution in [1.82, 2.24) is 4.90 Å². The first-order valence-corrected chi connectivity index (χ1v) is 5.28. The Morgan fingerprint density at radius 3 is 2.23 bits per heavy atom. The lowest BCUT2D eigenvalue weighted by Gasteiger charge is -2.33. The van der Waals surface area contributed by atoms with E-state index in [4.69, 9.17) is 5.73 Å². The normalized spacial score (nSPS) is 21.9. The second-order valence-electron chi connectivity index (χ2n) is 4.13. The largest absolute Gasteiger partial charge is 0.394 e. The Kier molecular flexibility index (Phi) is 3.71. The molecule has 3 heteroatoms. The zero-order valence-electron chi connectivity index (χ0n) is 8.79. The van der Waals surface area contributed by atoms with Crippen LogP contribution in [0.25, 0.3) is 0 Å². The van der Waals surface area contributed by atoms with Crippen LogP contribution in [0, 0.1) is 5.92 Å². The molecule has 0 amide bonds. The van der Waals surface area contributed by atoms with E-state index in [2.05, 4.69) is 18.7 Å². The summed E-state index contributed by atoms with van der Waals surface area (Å²) in [7, 11) is 0. The van der Waals surface area contributed by atoms with Gasteiger partial charge in [0.25, 0.3) is 0 Å². The molecule has 0 aromatic carbocycles. The standard InChI is InChI=1S/C10H22N2O/c1-3-12(4-2)7-10(11,8-13)9-5-6-9/h9,13H,3-8,11H2,1-2H3. The molecule has 0 radical (unpaired) electrons.